The molecule has 1 saturated heterocycles. The van der Waals surface area contributed by atoms with Crippen molar-refractivity contribution in [3.8, 4) is 0 Å². The Hall–Kier alpha value is -1.72. The SMILES string of the molecule is Nc1ncnc2c1ncn2[C@@H]1O[C@H](CS[C@@H]2C=C[C@H](N)C2)[C@@H](O)[C@H]1O. The normalized spacial score (nSPS) is 35.0. The summed E-state index contributed by atoms with van der Waals surface area (Å²) in [6, 6.07) is 0.0905. The Morgan fingerprint density at radius 2 is 2.08 bits per heavy atom. The van der Waals surface area contributed by atoms with Gasteiger partial charge in [0.15, 0.2) is 17.7 Å². The van der Waals surface area contributed by atoms with Gasteiger partial charge in [-0.25, -0.2) is 15.0 Å². The van der Waals surface area contributed by atoms with E-state index in [1.54, 1.807) is 16.3 Å². The van der Waals surface area contributed by atoms with Crippen LogP contribution < -0.4 is 11.5 Å². The highest BCUT2D eigenvalue weighted by atomic mass is 32.2. The molecule has 6 atom stereocenters. The third kappa shape index (κ3) is 3.00. The number of aliphatic hydroxyl groups is 2. The van der Waals surface area contributed by atoms with Gasteiger partial charge in [0, 0.05) is 17.0 Å². The van der Waals surface area contributed by atoms with E-state index in [4.69, 9.17) is 16.2 Å². The highest BCUT2D eigenvalue weighted by Gasteiger charge is 2.44. The van der Waals surface area contributed by atoms with Gasteiger partial charge in [-0.15, -0.1) is 0 Å². The standard InChI is InChI=1S/C15H20N6O3S/c16-7-1-2-8(3-7)25-4-9-11(22)12(23)15(24-9)21-6-20-10-13(17)18-5-19-14(10)21/h1-2,5-9,11-12,15,22-23H,3-4,16H2,(H2,17,18,19)/t7-,8+,9+,11+,12+,15+/m0/s1. The van der Waals surface area contributed by atoms with Gasteiger partial charge in [-0.05, 0) is 6.42 Å². The quantitative estimate of drug-likeness (QED) is 0.523. The predicted octanol–water partition coefficient (Wildman–Crippen LogP) is -0.583. The molecule has 6 N–H and O–H groups in total. The molecular formula is C15H20N6O3S. The molecule has 2 aliphatic rings. The number of rotatable bonds is 4. The van der Waals surface area contributed by atoms with Gasteiger partial charge in [0.2, 0.25) is 0 Å². The van der Waals surface area contributed by atoms with Crippen molar-refractivity contribution in [2.75, 3.05) is 11.5 Å². The minimum atomic E-state index is -1.08. The number of anilines is 1. The number of nitrogens with two attached hydrogens (primary N) is 2. The van der Waals surface area contributed by atoms with Gasteiger partial charge >= 0.3 is 0 Å². The van der Waals surface area contributed by atoms with Crippen molar-refractivity contribution in [2.24, 2.45) is 5.73 Å². The van der Waals surface area contributed by atoms with Crippen LogP contribution in [0.5, 0.6) is 0 Å². The van der Waals surface area contributed by atoms with E-state index in [1.165, 1.54) is 12.7 Å². The number of aliphatic hydroxyl groups excluding tert-OH is 2. The van der Waals surface area contributed by atoms with E-state index >= 15 is 0 Å². The van der Waals surface area contributed by atoms with Gasteiger partial charge < -0.3 is 26.4 Å². The first-order valence-corrected chi connectivity index (χ1v) is 9.09. The maximum Gasteiger partial charge on any atom is 0.167 e. The summed E-state index contributed by atoms with van der Waals surface area (Å²) in [6.07, 6.45) is 4.42. The molecule has 0 radical (unpaired) electrons. The first kappa shape index (κ1) is 16.7. The Bertz CT molecular complexity index is 799. The van der Waals surface area contributed by atoms with E-state index < -0.39 is 24.5 Å². The van der Waals surface area contributed by atoms with E-state index in [1.807, 2.05) is 6.08 Å². The van der Waals surface area contributed by atoms with Gasteiger partial charge in [-0.3, -0.25) is 4.57 Å². The fraction of sp³-hybridized carbons (Fsp3) is 0.533. The Morgan fingerprint density at radius 3 is 2.84 bits per heavy atom. The van der Waals surface area contributed by atoms with Crippen LogP contribution in [0, 0.1) is 0 Å². The predicted molar refractivity (Wildman–Crippen MR) is 93.6 cm³/mol. The molecule has 1 aliphatic carbocycles. The second-order valence-electron chi connectivity index (χ2n) is 6.29. The summed E-state index contributed by atoms with van der Waals surface area (Å²) in [7, 11) is 0. The van der Waals surface area contributed by atoms with Crippen LogP contribution in [0.15, 0.2) is 24.8 Å². The molecule has 134 valence electrons. The monoisotopic (exact) mass is 364 g/mol. The van der Waals surface area contributed by atoms with E-state index in [9.17, 15) is 10.2 Å². The lowest BCUT2D eigenvalue weighted by molar-refractivity contribution is -0.0289. The number of hydrogen-bond donors (Lipinski definition) is 4. The molecule has 10 heteroatoms. The molecule has 0 aromatic carbocycles. The van der Waals surface area contributed by atoms with Crippen molar-refractivity contribution in [1.82, 2.24) is 19.5 Å². The molecule has 25 heavy (non-hydrogen) atoms. The number of thioether (sulfide) groups is 1. The van der Waals surface area contributed by atoms with Crippen molar-refractivity contribution in [2.45, 2.75) is 42.3 Å². The van der Waals surface area contributed by atoms with Crippen LogP contribution in [-0.2, 0) is 4.74 Å². The summed E-state index contributed by atoms with van der Waals surface area (Å²) >= 11 is 1.66. The van der Waals surface area contributed by atoms with E-state index in [2.05, 4.69) is 21.0 Å². The molecule has 9 nitrogen and oxygen atoms in total. The summed E-state index contributed by atoms with van der Waals surface area (Å²) in [4.78, 5) is 12.2. The maximum absolute atomic E-state index is 10.4. The Labute approximate surface area is 148 Å². The minimum absolute atomic E-state index is 0.0905. The number of fused-ring (bicyclic) bond motifs is 1. The average molecular weight is 364 g/mol. The van der Waals surface area contributed by atoms with Crippen LogP contribution in [0.2, 0.25) is 0 Å². The van der Waals surface area contributed by atoms with Gasteiger partial charge in [-0.2, -0.15) is 11.8 Å². The second-order valence-corrected chi connectivity index (χ2v) is 7.56. The van der Waals surface area contributed by atoms with Crippen molar-refractivity contribution >= 4 is 28.7 Å². The molecule has 3 heterocycles. The number of ether oxygens (including phenoxy) is 1. The molecule has 0 unspecified atom stereocenters. The number of nitrogens with zero attached hydrogens (tertiary/aromatic N) is 4. The van der Waals surface area contributed by atoms with E-state index in [-0.39, 0.29) is 11.9 Å². The van der Waals surface area contributed by atoms with Crippen molar-refractivity contribution in [1.29, 1.82) is 0 Å². The lowest BCUT2D eigenvalue weighted by Crippen LogP contribution is -2.33. The lowest BCUT2D eigenvalue weighted by atomic mass is 10.1. The highest BCUT2D eigenvalue weighted by molar-refractivity contribution is 8.00. The molecule has 0 saturated carbocycles. The summed E-state index contributed by atoms with van der Waals surface area (Å²) in [6.45, 7) is 0. The second kappa shape index (κ2) is 6.54. The lowest BCUT2D eigenvalue weighted by Gasteiger charge is -2.17. The number of imidazole rings is 1. The zero-order valence-corrected chi connectivity index (χ0v) is 14.2. The zero-order valence-electron chi connectivity index (χ0n) is 13.3. The number of nitrogen functional groups attached to an aromatic ring is 1. The van der Waals surface area contributed by atoms with Gasteiger partial charge in [0.1, 0.15) is 24.1 Å². The van der Waals surface area contributed by atoms with E-state index in [0.29, 0.717) is 22.2 Å². The Balaban J connectivity index is 1.49. The summed E-state index contributed by atoms with van der Waals surface area (Å²) in [5.41, 5.74) is 12.5. The molecule has 0 amide bonds. The summed E-state index contributed by atoms with van der Waals surface area (Å²) in [5, 5.41) is 21.1. The smallest absolute Gasteiger partial charge is 0.167 e. The molecule has 0 bridgehead atoms. The largest absolute Gasteiger partial charge is 0.387 e. The third-order valence-corrected chi connectivity index (χ3v) is 5.85. The van der Waals surface area contributed by atoms with Crippen LogP contribution in [0.4, 0.5) is 5.82 Å². The van der Waals surface area contributed by atoms with E-state index in [0.717, 1.165) is 6.42 Å². The van der Waals surface area contributed by atoms with Gasteiger partial charge in [0.25, 0.3) is 0 Å². The average Bonchev–Trinajstić information content (AvgIpc) is 3.27. The molecule has 2 aromatic rings. The molecular weight excluding hydrogens is 344 g/mol. The first-order valence-electron chi connectivity index (χ1n) is 8.04. The van der Waals surface area contributed by atoms with Gasteiger partial charge in [0.05, 0.1) is 12.4 Å². The third-order valence-electron chi connectivity index (χ3n) is 4.55. The molecule has 0 spiro atoms. The molecule has 1 aliphatic heterocycles. The summed E-state index contributed by atoms with van der Waals surface area (Å²) in [5.74, 6) is 0.813. The van der Waals surface area contributed by atoms with Crippen LogP contribution in [-0.4, -0.2) is 65.1 Å². The molecule has 2 aromatic heterocycles. The minimum Gasteiger partial charge on any atom is -0.387 e. The maximum atomic E-state index is 10.4. The number of hydrogen-bond acceptors (Lipinski definition) is 9. The van der Waals surface area contributed by atoms with Crippen molar-refractivity contribution < 1.29 is 14.9 Å². The van der Waals surface area contributed by atoms with Crippen LogP contribution in [0.25, 0.3) is 11.2 Å². The summed E-state index contributed by atoms with van der Waals surface area (Å²) < 4.78 is 7.49. The molecule has 1 fully saturated rings. The first-order chi connectivity index (χ1) is 12.0. The van der Waals surface area contributed by atoms with Crippen molar-refractivity contribution in [3.05, 3.63) is 24.8 Å². The fourth-order valence-electron chi connectivity index (χ4n) is 3.19. The van der Waals surface area contributed by atoms with Crippen molar-refractivity contribution in [3.63, 3.8) is 0 Å². The van der Waals surface area contributed by atoms with Crippen LogP contribution in [0.1, 0.15) is 12.6 Å². The Kier molecular flexibility index (Phi) is 4.38. The van der Waals surface area contributed by atoms with Crippen LogP contribution >= 0.6 is 11.8 Å². The zero-order chi connectivity index (χ0) is 17.6. The molecule has 4 rings (SSSR count). The van der Waals surface area contributed by atoms with Gasteiger partial charge in [-0.1, -0.05) is 12.2 Å². The van der Waals surface area contributed by atoms with Crippen LogP contribution in [0.3, 0.4) is 0 Å². The Morgan fingerprint density at radius 1 is 1.24 bits per heavy atom. The topological polar surface area (TPSA) is 145 Å². The highest BCUT2D eigenvalue weighted by Crippen LogP contribution is 2.35. The number of aromatic nitrogens is 4. The fourth-order valence-corrected chi connectivity index (χ4v) is 4.46.